The summed E-state index contributed by atoms with van der Waals surface area (Å²) in [6, 6.07) is 15.9. The summed E-state index contributed by atoms with van der Waals surface area (Å²) < 4.78 is 0. The van der Waals surface area contributed by atoms with Crippen molar-refractivity contribution in [3.05, 3.63) is 76.9 Å². The smallest absolute Gasteiger partial charge is 0.00546 e. The van der Waals surface area contributed by atoms with Crippen LogP contribution in [-0.2, 0) is 11.8 Å². The second-order valence-electron chi connectivity index (χ2n) is 8.24. The lowest BCUT2D eigenvalue weighted by atomic mass is 9.86. The summed E-state index contributed by atoms with van der Waals surface area (Å²) >= 11 is 0. The van der Waals surface area contributed by atoms with Gasteiger partial charge in [-0.05, 0) is 58.4 Å². The summed E-state index contributed by atoms with van der Waals surface area (Å²) in [5.41, 5.74) is 8.88. The molecule has 0 bridgehead atoms. The van der Waals surface area contributed by atoms with Gasteiger partial charge in [0.2, 0.25) is 0 Å². The first kappa shape index (κ1) is 15.4. The molecule has 2 aliphatic rings. The maximum absolute atomic E-state index is 2.47. The van der Waals surface area contributed by atoms with Gasteiger partial charge in [0.1, 0.15) is 0 Å². The van der Waals surface area contributed by atoms with E-state index in [-0.39, 0.29) is 5.41 Å². The first-order valence-electron chi connectivity index (χ1n) is 9.10. The van der Waals surface area contributed by atoms with Gasteiger partial charge in [0.05, 0.1) is 0 Å². The Kier molecular flexibility index (Phi) is 3.72. The van der Waals surface area contributed by atoms with E-state index < -0.39 is 0 Å². The molecule has 2 aromatic rings. The number of rotatable bonds is 2. The number of allylic oxidation sites excluding steroid dienone is 3. The maximum atomic E-state index is 2.47. The Morgan fingerprint density at radius 3 is 2.25 bits per heavy atom. The van der Waals surface area contributed by atoms with Crippen molar-refractivity contribution in [2.24, 2.45) is 5.92 Å². The van der Waals surface area contributed by atoms with Gasteiger partial charge in [-0.15, -0.1) is 0 Å². The van der Waals surface area contributed by atoms with Crippen LogP contribution in [0, 0.1) is 5.92 Å². The Bertz CT molecular complexity index is 802. The highest BCUT2D eigenvalue weighted by Crippen LogP contribution is 2.39. The van der Waals surface area contributed by atoms with Crippen molar-refractivity contribution in [1.29, 1.82) is 0 Å². The molecule has 2 aliphatic carbocycles. The summed E-state index contributed by atoms with van der Waals surface area (Å²) in [5.74, 6) is 0.730. The molecule has 0 radical (unpaired) electrons. The maximum Gasteiger partial charge on any atom is -0.00546 e. The van der Waals surface area contributed by atoms with Crippen LogP contribution >= 0.6 is 0 Å². The van der Waals surface area contributed by atoms with Crippen LogP contribution in [0.25, 0.3) is 17.2 Å². The highest BCUT2D eigenvalue weighted by molar-refractivity contribution is 5.81. The number of benzene rings is 2. The van der Waals surface area contributed by atoms with Gasteiger partial charge in [0, 0.05) is 0 Å². The third-order valence-electron chi connectivity index (χ3n) is 5.51. The molecule has 0 amide bonds. The van der Waals surface area contributed by atoms with E-state index >= 15 is 0 Å². The van der Waals surface area contributed by atoms with Gasteiger partial charge in [-0.3, -0.25) is 0 Å². The minimum absolute atomic E-state index is 0.208. The SMILES string of the molecule is CC(C)(C)c1ccc(-c2cccc3c2C=C(C2CC=CC2)C3)cc1. The Balaban J connectivity index is 1.70. The Hall–Kier alpha value is -2.08. The lowest BCUT2D eigenvalue weighted by molar-refractivity contribution is 0.590. The van der Waals surface area contributed by atoms with E-state index in [0.29, 0.717) is 0 Å². The highest BCUT2D eigenvalue weighted by atomic mass is 14.3. The third-order valence-corrected chi connectivity index (χ3v) is 5.51. The van der Waals surface area contributed by atoms with Crippen molar-refractivity contribution in [3.8, 4) is 11.1 Å². The van der Waals surface area contributed by atoms with E-state index in [2.05, 4.69) is 81.5 Å². The molecule has 0 fully saturated rings. The van der Waals surface area contributed by atoms with Crippen LogP contribution in [0.4, 0.5) is 0 Å². The fourth-order valence-corrected chi connectivity index (χ4v) is 3.98. The molecule has 0 heteroatoms. The van der Waals surface area contributed by atoms with Gasteiger partial charge >= 0.3 is 0 Å². The Morgan fingerprint density at radius 2 is 1.58 bits per heavy atom. The zero-order valence-corrected chi connectivity index (χ0v) is 15.0. The van der Waals surface area contributed by atoms with Gasteiger partial charge in [-0.1, -0.05) is 87.0 Å². The fourth-order valence-electron chi connectivity index (χ4n) is 3.98. The van der Waals surface area contributed by atoms with Crippen molar-refractivity contribution in [1.82, 2.24) is 0 Å². The van der Waals surface area contributed by atoms with Gasteiger partial charge in [0.25, 0.3) is 0 Å². The standard InChI is InChI=1S/C24H26/c1-24(2,3)21-13-11-18(12-14-21)22-10-6-9-19-15-20(16-23(19)22)17-7-4-5-8-17/h4-6,9-14,16-17H,7-8,15H2,1-3H3. The summed E-state index contributed by atoms with van der Waals surface area (Å²) in [4.78, 5) is 0. The van der Waals surface area contributed by atoms with Crippen LogP contribution in [0.15, 0.2) is 60.2 Å². The summed E-state index contributed by atoms with van der Waals surface area (Å²) in [6.45, 7) is 6.81. The lowest BCUT2D eigenvalue weighted by Crippen LogP contribution is -2.10. The predicted octanol–water partition coefficient (Wildman–Crippen LogP) is 6.56. The van der Waals surface area contributed by atoms with E-state index in [1.54, 1.807) is 5.57 Å². The van der Waals surface area contributed by atoms with E-state index in [4.69, 9.17) is 0 Å². The quantitative estimate of drug-likeness (QED) is 0.551. The first-order chi connectivity index (χ1) is 11.5. The van der Waals surface area contributed by atoms with Crippen LogP contribution < -0.4 is 0 Å². The molecule has 0 heterocycles. The van der Waals surface area contributed by atoms with Crippen LogP contribution in [0.1, 0.15) is 50.3 Å². The minimum atomic E-state index is 0.208. The van der Waals surface area contributed by atoms with Crippen LogP contribution in [0.2, 0.25) is 0 Å². The van der Waals surface area contributed by atoms with Gasteiger partial charge < -0.3 is 0 Å². The molecule has 0 nitrogen and oxygen atoms in total. The fraction of sp³-hybridized carbons (Fsp3) is 0.333. The van der Waals surface area contributed by atoms with E-state index in [1.807, 2.05) is 0 Å². The van der Waals surface area contributed by atoms with Crippen molar-refractivity contribution in [2.45, 2.75) is 45.4 Å². The van der Waals surface area contributed by atoms with Crippen LogP contribution in [0.5, 0.6) is 0 Å². The number of hydrogen-bond donors (Lipinski definition) is 0. The average Bonchev–Trinajstić information content (AvgIpc) is 3.22. The van der Waals surface area contributed by atoms with Crippen molar-refractivity contribution in [3.63, 3.8) is 0 Å². The van der Waals surface area contributed by atoms with Crippen molar-refractivity contribution >= 4 is 6.08 Å². The molecule has 0 saturated heterocycles. The molecular weight excluding hydrogens is 288 g/mol. The zero-order valence-electron chi connectivity index (χ0n) is 15.0. The van der Waals surface area contributed by atoms with E-state index in [0.717, 1.165) is 12.3 Å². The normalized spacial score (nSPS) is 17.2. The van der Waals surface area contributed by atoms with Crippen LogP contribution in [0.3, 0.4) is 0 Å². The molecule has 122 valence electrons. The molecule has 4 rings (SSSR count). The Morgan fingerprint density at radius 1 is 0.875 bits per heavy atom. The second-order valence-corrected chi connectivity index (χ2v) is 8.24. The minimum Gasteiger partial charge on any atom is -0.0879 e. The van der Waals surface area contributed by atoms with Gasteiger partial charge in [-0.25, -0.2) is 0 Å². The molecule has 0 saturated carbocycles. The second kappa shape index (κ2) is 5.77. The Labute approximate surface area is 145 Å². The van der Waals surface area contributed by atoms with E-state index in [1.165, 1.54) is 40.7 Å². The molecular formula is C24H26. The molecule has 0 spiro atoms. The molecule has 2 aromatic carbocycles. The molecule has 0 atom stereocenters. The number of fused-ring (bicyclic) bond motifs is 1. The molecule has 24 heavy (non-hydrogen) atoms. The third kappa shape index (κ3) is 2.75. The summed E-state index contributed by atoms with van der Waals surface area (Å²) in [5, 5.41) is 0. The van der Waals surface area contributed by atoms with Crippen molar-refractivity contribution in [2.75, 3.05) is 0 Å². The van der Waals surface area contributed by atoms with E-state index in [9.17, 15) is 0 Å². The largest absolute Gasteiger partial charge is 0.0879 e. The molecule has 0 aliphatic heterocycles. The lowest BCUT2D eigenvalue weighted by Gasteiger charge is -2.19. The first-order valence-corrected chi connectivity index (χ1v) is 9.10. The molecule has 0 unspecified atom stereocenters. The summed E-state index contributed by atoms with van der Waals surface area (Å²) in [6.07, 6.45) is 10.7. The van der Waals surface area contributed by atoms with Crippen molar-refractivity contribution < 1.29 is 0 Å². The molecule has 0 aromatic heterocycles. The number of hydrogen-bond acceptors (Lipinski definition) is 0. The van der Waals surface area contributed by atoms with Crippen LogP contribution in [-0.4, -0.2) is 0 Å². The van der Waals surface area contributed by atoms with Gasteiger partial charge in [-0.2, -0.15) is 0 Å². The van der Waals surface area contributed by atoms with Gasteiger partial charge in [0.15, 0.2) is 0 Å². The summed E-state index contributed by atoms with van der Waals surface area (Å²) in [7, 11) is 0. The average molecular weight is 314 g/mol. The molecule has 0 N–H and O–H groups in total. The predicted molar refractivity (Wildman–Crippen MR) is 104 cm³/mol. The zero-order chi connectivity index (χ0) is 16.7. The topological polar surface area (TPSA) is 0 Å². The highest BCUT2D eigenvalue weighted by Gasteiger charge is 2.23. The monoisotopic (exact) mass is 314 g/mol.